The van der Waals surface area contributed by atoms with Crippen molar-refractivity contribution < 1.29 is 9.59 Å². The van der Waals surface area contributed by atoms with Gasteiger partial charge in [-0.25, -0.2) is 4.98 Å². The normalized spacial score (nSPS) is 15.8. The molecule has 1 aromatic carbocycles. The van der Waals surface area contributed by atoms with E-state index in [4.69, 9.17) is 11.6 Å². The van der Waals surface area contributed by atoms with Gasteiger partial charge in [0.15, 0.2) is 5.78 Å². The number of hydrogen-bond donors (Lipinski definition) is 2. The van der Waals surface area contributed by atoms with Crippen molar-refractivity contribution in [3.63, 3.8) is 0 Å². The molecule has 2 N–H and O–H groups in total. The first-order valence-electron chi connectivity index (χ1n) is 9.76. The van der Waals surface area contributed by atoms with Gasteiger partial charge < -0.3 is 10.6 Å². The third-order valence-corrected chi connectivity index (χ3v) is 6.31. The van der Waals surface area contributed by atoms with Gasteiger partial charge in [-0.15, -0.1) is 11.3 Å². The van der Waals surface area contributed by atoms with E-state index in [2.05, 4.69) is 15.6 Å². The molecule has 0 saturated heterocycles. The number of carbonyl (C=O) groups excluding carboxylic acids is 2. The number of thiazole rings is 1. The van der Waals surface area contributed by atoms with Crippen LogP contribution in [0.2, 0.25) is 5.02 Å². The molecular formula is C21H26ClN3O2S. The highest BCUT2D eigenvalue weighted by atomic mass is 35.5. The second kappa shape index (κ2) is 10.0. The zero-order valence-corrected chi connectivity index (χ0v) is 17.6. The summed E-state index contributed by atoms with van der Waals surface area (Å²) in [5.74, 6) is 0.212. The standard InChI is InChI=1S/C21H26ClN3O2S/c1-23-17-8-7-15(22)12-16(17)21(27)25-18(11-14-5-3-2-4-6-14)19(26)13-20-24-9-10-28-20/h7-10,12,14,18,23H,2-6,11,13H2,1H3,(H,25,27). The topological polar surface area (TPSA) is 71.1 Å². The molecule has 28 heavy (non-hydrogen) atoms. The van der Waals surface area contributed by atoms with Gasteiger partial charge in [-0.1, -0.05) is 43.7 Å². The number of anilines is 1. The van der Waals surface area contributed by atoms with Gasteiger partial charge in [0.2, 0.25) is 0 Å². The highest BCUT2D eigenvalue weighted by Crippen LogP contribution is 2.28. The maximum absolute atomic E-state index is 13.0. The summed E-state index contributed by atoms with van der Waals surface area (Å²) in [6.07, 6.45) is 8.54. The van der Waals surface area contributed by atoms with Crippen molar-refractivity contribution in [2.24, 2.45) is 5.92 Å². The molecule has 0 aliphatic heterocycles. The first-order valence-corrected chi connectivity index (χ1v) is 11.0. The Morgan fingerprint density at radius 2 is 2.07 bits per heavy atom. The molecule has 1 saturated carbocycles. The van der Waals surface area contributed by atoms with Crippen LogP contribution in [0.4, 0.5) is 5.69 Å². The quantitative estimate of drug-likeness (QED) is 0.649. The summed E-state index contributed by atoms with van der Waals surface area (Å²) in [6, 6.07) is 4.62. The molecule has 1 amide bonds. The lowest BCUT2D eigenvalue weighted by Gasteiger charge is -2.26. The molecule has 2 aromatic rings. The lowest BCUT2D eigenvalue weighted by Crippen LogP contribution is -2.43. The molecule has 1 aliphatic rings. The number of amides is 1. The smallest absolute Gasteiger partial charge is 0.254 e. The number of nitrogens with zero attached hydrogens (tertiary/aromatic N) is 1. The van der Waals surface area contributed by atoms with Gasteiger partial charge in [-0.3, -0.25) is 9.59 Å². The van der Waals surface area contributed by atoms with Crippen LogP contribution < -0.4 is 10.6 Å². The Balaban J connectivity index is 1.76. The van der Waals surface area contributed by atoms with Crippen LogP contribution in [0.1, 0.15) is 53.9 Å². The van der Waals surface area contributed by atoms with Crippen LogP contribution in [-0.2, 0) is 11.2 Å². The Morgan fingerprint density at radius 3 is 2.75 bits per heavy atom. The van der Waals surface area contributed by atoms with Gasteiger partial charge in [-0.2, -0.15) is 0 Å². The van der Waals surface area contributed by atoms with Gasteiger partial charge in [0, 0.05) is 29.3 Å². The van der Waals surface area contributed by atoms with E-state index in [1.807, 2.05) is 5.38 Å². The molecule has 150 valence electrons. The summed E-state index contributed by atoms with van der Waals surface area (Å²) >= 11 is 7.55. The average molecular weight is 420 g/mol. The number of nitrogens with one attached hydrogen (secondary N) is 2. The molecule has 1 aliphatic carbocycles. The Morgan fingerprint density at radius 1 is 1.29 bits per heavy atom. The Bertz CT molecular complexity index is 804. The van der Waals surface area contributed by atoms with Gasteiger partial charge in [0.1, 0.15) is 0 Å². The predicted molar refractivity (Wildman–Crippen MR) is 114 cm³/mol. The molecule has 0 spiro atoms. The van der Waals surface area contributed by atoms with Crippen molar-refractivity contribution in [2.75, 3.05) is 12.4 Å². The maximum atomic E-state index is 13.0. The minimum Gasteiger partial charge on any atom is -0.387 e. The van der Waals surface area contributed by atoms with Crippen LogP contribution in [0.5, 0.6) is 0 Å². The SMILES string of the molecule is CNc1ccc(Cl)cc1C(=O)NC(CC1CCCCC1)C(=O)Cc1nccs1. The molecule has 3 rings (SSSR count). The zero-order valence-electron chi connectivity index (χ0n) is 16.0. The van der Waals surface area contributed by atoms with Crippen molar-refractivity contribution in [2.45, 2.75) is 51.0 Å². The lowest BCUT2D eigenvalue weighted by molar-refractivity contribution is -0.120. The highest BCUT2D eigenvalue weighted by Gasteiger charge is 2.27. The van der Waals surface area contributed by atoms with Gasteiger partial charge in [0.25, 0.3) is 5.91 Å². The van der Waals surface area contributed by atoms with E-state index in [9.17, 15) is 9.59 Å². The van der Waals surface area contributed by atoms with Crippen molar-refractivity contribution in [1.82, 2.24) is 10.3 Å². The van der Waals surface area contributed by atoms with Crippen LogP contribution in [0.3, 0.4) is 0 Å². The number of Topliss-reactive ketones (excluding diaryl/α,β-unsaturated/α-hetero) is 1. The first kappa shape index (κ1) is 20.8. The van der Waals surface area contributed by atoms with Crippen LogP contribution >= 0.6 is 22.9 Å². The van der Waals surface area contributed by atoms with E-state index in [1.165, 1.54) is 30.6 Å². The molecule has 7 heteroatoms. The number of hydrogen-bond acceptors (Lipinski definition) is 5. The fourth-order valence-corrected chi connectivity index (χ4v) is 4.60. The second-order valence-corrected chi connectivity index (χ2v) is 8.69. The summed E-state index contributed by atoms with van der Waals surface area (Å²) in [7, 11) is 1.76. The van der Waals surface area contributed by atoms with Crippen molar-refractivity contribution >= 4 is 40.3 Å². The molecule has 1 unspecified atom stereocenters. The van der Waals surface area contributed by atoms with Gasteiger partial charge in [-0.05, 0) is 30.5 Å². The number of benzene rings is 1. The van der Waals surface area contributed by atoms with E-state index >= 15 is 0 Å². The Labute approximate surface area is 174 Å². The van der Waals surface area contributed by atoms with E-state index in [1.54, 1.807) is 31.4 Å². The molecule has 1 atom stereocenters. The molecule has 5 nitrogen and oxygen atoms in total. The van der Waals surface area contributed by atoms with E-state index in [-0.39, 0.29) is 18.1 Å². The minimum absolute atomic E-state index is 0.0157. The highest BCUT2D eigenvalue weighted by molar-refractivity contribution is 7.09. The molecule has 1 heterocycles. The fourth-order valence-electron chi connectivity index (χ4n) is 3.80. The third kappa shape index (κ3) is 5.55. The number of carbonyl (C=O) groups is 2. The van der Waals surface area contributed by atoms with Crippen LogP contribution in [-0.4, -0.2) is 29.8 Å². The van der Waals surface area contributed by atoms with Gasteiger partial charge >= 0.3 is 0 Å². The molecular weight excluding hydrogens is 394 g/mol. The van der Waals surface area contributed by atoms with E-state index in [0.29, 0.717) is 28.6 Å². The van der Waals surface area contributed by atoms with Crippen molar-refractivity contribution in [1.29, 1.82) is 0 Å². The second-order valence-electron chi connectivity index (χ2n) is 7.27. The van der Waals surface area contributed by atoms with Crippen molar-refractivity contribution in [3.05, 3.63) is 45.4 Å². The van der Waals surface area contributed by atoms with Gasteiger partial charge in [0.05, 0.1) is 23.0 Å². The van der Waals surface area contributed by atoms with E-state index in [0.717, 1.165) is 17.8 Å². The number of aromatic nitrogens is 1. The molecule has 0 bridgehead atoms. The Kier molecular flexibility index (Phi) is 7.45. The Hall–Kier alpha value is -1.92. The summed E-state index contributed by atoms with van der Waals surface area (Å²) in [5.41, 5.74) is 1.14. The summed E-state index contributed by atoms with van der Waals surface area (Å²) in [6.45, 7) is 0. The van der Waals surface area contributed by atoms with Crippen LogP contribution in [0, 0.1) is 5.92 Å². The summed E-state index contributed by atoms with van der Waals surface area (Å²) < 4.78 is 0. The largest absolute Gasteiger partial charge is 0.387 e. The number of halogens is 1. The summed E-state index contributed by atoms with van der Waals surface area (Å²) in [4.78, 5) is 30.2. The number of rotatable bonds is 8. The van der Waals surface area contributed by atoms with E-state index < -0.39 is 6.04 Å². The molecule has 1 aromatic heterocycles. The lowest BCUT2D eigenvalue weighted by atomic mass is 9.83. The maximum Gasteiger partial charge on any atom is 0.254 e. The minimum atomic E-state index is -0.511. The van der Waals surface area contributed by atoms with Crippen LogP contribution in [0.15, 0.2) is 29.8 Å². The monoisotopic (exact) mass is 419 g/mol. The third-order valence-electron chi connectivity index (χ3n) is 5.29. The first-order chi connectivity index (χ1) is 13.6. The van der Waals surface area contributed by atoms with Crippen molar-refractivity contribution in [3.8, 4) is 0 Å². The fraction of sp³-hybridized carbons (Fsp3) is 0.476. The average Bonchev–Trinajstić information content (AvgIpc) is 3.21. The molecule has 1 fully saturated rings. The predicted octanol–water partition coefficient (Wildman–Crippen LogP) is 4.72. The van der Waals surface area contributed by atoms with Crippen LogP contribution in [0.25, 0.3) is 0 Å². The zero-order chi connectivity index (χ0) is 19.9. The molecule has 0 radical (unpaired) electrons. The summed E-state index contributed by atoms with van der Waals surface area (Å²) in [5, 5.41) is 9.13. The number of ketones is 1.